The van der Waals surface area contributed by atoms with Crippen LogP contribution in [0.15, 0.2) is 0 Å². The summed E-state index contributed by atoms with van der Waals surface area (Å²) in [4.78, 5) is 2.68. The van der Waals surface area contributed by atoms with Gasteiger partial charge in [-0.05, 0) is 55.0 Å². The SMILES string of the molecule is C.CC(C)(C)C.CC(C)(C)C12CCCN(CCC1)C2.[CH-]1CC[N-]CC1.[Y]. The molecule has 3 saturated heterocycles. The van der Waals surface area contributed by atoms with Crippen molar-refractivity contribution in [3.63, 3.8) is 0 Å². The molecular formula is C23H48N2Y-2. The maximum absolute atomic E-state index is 4.15. The summed E-state index contributed by atoms with van der Waals surface area (Å²) in [6.07, 6.45) is 10.5. The van der Waals surface area contributed by atoms with Gasteiger partial charge in [0.15, 0.2) is 0 Å². The molecule has 2 nitrogen and oxygen atoms in total. The molecule has 155 valence electrons. The van der Waals surface area contributed by atoms with Gasteiger partial charge in [0.1, 0.15) is 0 Å². The van der Waals surface area contributed by atoms with Crippen molar-refractivity contribution in [3.8, 4) is 0 Å². The maximum Gasteiger partial charge on any atom is 0.00430 e. The molecule has 0 amide bonds. The molecule has 3 aliphatic rings. The van der Waals surface area contributed by atoms with Crippen LogP contribution in [0.25, 0.3) is 5.32 Å². The summed E-state index contributed by atoms with van der Waals surface area (Å²) in [5.74, 6) is 0. The third-order valence-electron chi connectivity index (χ3n) is 5.36. The molecule has 1 radical (unpaired) electrons. The van der Waals surface area contributed by atoms with Gasteiger partial charge in [0.2, 0.25) is 0 Å². The van der Waals surface area contributed by atoms with Gasteiger partial charge >= 0.3 is 0 Å². The van der Waals surface area contributed by atoms with Gasteiger partial charge < -0.3 is 16.6 Å². The predicted octanol–water partition coefficient (Wildman–Crippen LogP) is 6.95. The van der Waals surface area contributed by atoms with Crippen molar-refractivity contribution in [1.82, 2.24) is 4.90 Å². The number of nitrogens with zero attached hydrogens (tertiary/aromatic N) is 2. The summed E-state index contributed by atoms with van der Waals surface area (Å²) >= 11 is 0. The maximum atomic E-state index is 4.15. The van der Waals surface area contributed by atoms with Crippen molar-refractivity contribution in [2.75, 3.05) is 32.7 Å². The third-order valence-corrected chi connectivity index (χ3v) is 5.36. The Balaban J connectivity index is 0. The van der Waals surface area contributed by atoms with Crippen LogP contribution in [-0.4, -0.2) is 37.6 Å². The quantitative estimate of drug-likeness (QED) is 0.372. The molecule has 3 heterocycles. The van der Waals surface area contributed by atoms with Crippen LogP contribution in [0, 0.1) is 22.7 Å². The normalized spacial score (nSPS) is 28.0. The van der Waals surface area contributed by atoms with Crippen LogP contribution in [0.4, 0.5) is 0 Å². The first-order chi connectivity index (χ1) is 11.0. The Morgan fingerprint density at radius 3 is 1.50 bits per heavy atom. The van der Waals surface area contributed by atoms with E-state index in [2.05, 4.69) is 65.1 Å². The van der Waals surface area contributed by atoms with Crippen molar-refractivity contribution in [1.29, 1.82) is 0 Å². The Kier molecular flexibility index (Phi) is 14.9. The molecule has 3 fully saturated rings. The average molecular weight is 442 g/mol. The second-order valence-corrected chi connectivity index (χ2v) is 10.6. The Labute approximate surface area is 191 Å². The predicted molar refractivity (Wildman–Crippen MR) is 115 cm³/mol. The molecular weight excluding hydrogens is 393 g/mol. The molecule has 26 heavy (non-hydrogen) atoms. The number of piperidine rings is 3. The monoisotopic (exact) mass is 441 g/mol. The van der Waals surface area contributed by atoms with Gasteiger partial charge in [0.05, 0.1) is 0 Å². The van der Waals surface area contributed by atoms with E-state index in [1.165, 1.54) is 58.2 Å². The minimum absolute atomic E-state index is 0. The van der Waals surface area contributed by atoms with E-state index in [0.29, 0.717) is 16.2 Å². The number of hydrogen-bond donors (Lipinski definition) is 0. The first kappa shape index (κ1) is 29.2. The Morgan fingerprint density at radius 2 is 1.27 bits per heavy atom. The molecule has 3 heteroatoms. The van der Waals surface area contributed by atoms with Crippen LogP contribution < -0.4 is 0 Å². The molecule has 0 spiro atoms. The topological polar surface area (TPSA) is 17.3 Å². The van der Waals surface area contributed by atoms with Crippen LogP contribution in [0.2, 0.25) is 0 Å². The fraction of sp³-hybridized carbons (Fsp3) is 0.957. The van der Waals surface area contributed by atoms with E-state index < -0.39 is 0 Å². The van der Waals surface area contributed by atoms with Crippen LogP contribution in [0.3, 0.4) is 0 Å². The molecule has 0 N–H and O–H groups in total. The second kappa shape index (κ2) is 13.3. The van der Waals surface area contributed by atoms with E-state index in [1.807, 2.05) is 0 Å². The van der Waals surface area contributed by atoms with E-state index in [9.17, 15) is 0 Å². The number of hydrogen-bond acceptors (Lipinski definition) is 1. The van der Waals surface area contributed by atoms with E-state index >= 15 is 0 Å². The largest absolute Gasteiger partial charge is 0.666 e. The first-order valence-corrected chi connectivity index (χ1v) is 10.2. The smallest absolute Gasteiger partial charge is 0.00430 e. The molecule has 0 aliphatic carbocycles. The van der Waals surface area contributed by atoms with Crippen LogP contribution in [-0.2, 0) is 32.7 Å². The van der Waals surface area contributed by atoms with E-state index in [0.717, 1.165) is 13.1 Å². The van der Waals surface area contributed by atoms with Crippen molar-refractivity contribution in [2.24, 2.45) is 16.2 Å². The van der Waals surface area contributed by atoms with E-state index in [1.54, 1.807) is 0 Å². The molecule has 0 unspecified atom stereocenters. The Hall–Kier alpha value is 1.02. The van der Waals surface area contributed by atoms with Gasteiger partial charge in [-0.2, -0.15) is 25.9 Å². The van der Waals surface area contributed by atoms with E-state index in [-0.39, 0.29) is 40.1 Å². The zero-order valence-corrected chi connectivity index (χ0v) is 21.2. The van der Waals surface area contributed by atoms with Gasteiger partial charge in [0, 0.05) is 39.3 Å². The average Bonchev–Trinajstić information content (AvgIpc) is 2.47. The van der Waals surface area contributed by atoms with Gasteiger partial charge in [-0.15, -0.1) is 0 Å². The van der Waals surface area contributed by atoms with Crippen molar-refractivity contribution in [3.05, 3.63) is 11.7 Å². The van der Waals surface area contributed by atoms with Gasteiger partial charge in [-0.1, -0.05) is 55.9 Å². The minimum Gasteiger partial charge on any atom is -0.666 e. The minimum atomic E-state index is 0. The summed E-state index contributed by atoms with van der Waals surface area (Å²) < 4.78 is 0. The van der Waals surface area contributed by atoms with Crippen molar-refractivity contribution < 1.29 is 32.7 Å². The van der Waals surface area contributed by atoms with Crippen LogP contribution in [0.1, 0.15) is 94.4 Å². The Bertz CT molecular complexity index is 310. The zero-order valence-electron chi connectivity index (χ0n) is 18.3. The third kappa shape index (κ3) is 11.8. The fourth-order valence-corrected chi connectivity index (χ4v) is 3.87. The van der Waals surface area contributed by atoms with Crippen molar-refractivity contribution in [2.45, 2.75) is 94.4 Å². The number of fused-ring (bicyclic) bond motifs is 2. The van der Waals surface area contributed by atoms with Gasteiger partial charge in [-0.3, -0.25) is 0 Å². The Morgan fingerprint density at radius 1 is 0.846 bits per heavy atom. The zero-order chi connectivity index (χ0) is 18.3. The summed E-state index contributed by atoms with van der Waals surface area (Å²) in [7, 11) is 0. The summed E-state index contributed by atoms with van der Waals surface area (Å²) in [5.41, 5.74) is 1.65. The molecule has 3 aliphatic heterocycles. The van der Waals surface area contributed by atoms with Gasteiger partial charge in [-0.25, -0.2) is 0 Å². The molecule has 3 rings (SSSR count). The summed E-state index contributed by atoms with van der Waals surface area (Å²) in [6.45, 7) is 22.3. The second-order valence-electron chi connectivity index (χ2n) is 10.6. The summed E-state index contributed by atoms with van der Waals surface area (Å²) in [6, 6.07) is 0. The number of rotatable bonds is 0. The first-order valence-electron chi connectivity index (χ1n) is 10.2. The van der Waals surface area contributed by atoms with Crippen molar-refractivity contribution >= 4 is 0 Å². The molecule has 0 aromatic carbocycles. The molecule has 0 aromatic heterocycles. The van der Waals surface area contributed by atoms with E-state index in [4.69, 9.17) is 0 Å². The van der Waals surface area contributed by atoms with Crippen LogP contribution >= 0.6 is 0 Å². The standard InChI is InChI=1S/C12H23N.C5H9N.C5H12.CH4.Y/c1-11(2,3)12-6-4-8-13(10-12)9-5-7-12;1-2-4-6-5-3-1;1-5(2,3)4;;/h4-10H2,1-3H3;1H,2-5H2;1-4H3;1H4;/q;-2;;;. The molecule has 2 bridgehead atoms. The summed E-state index contributed by atoms with van der Waals surface area (Å²) in [5, 5.41) is 4.15. The molecule has 0 saturated carbocycles. The molecule has 0 atom stereocenters. The van der Waals surface area contributed by atoms with Crippen LogP contribution in [0.5, 0.6) is 0 Å². The molecule has 0 aromatic rings. The fourth-order valence-electron chi connectivity index (χ4n) is 3.87. The van der Waals surface area contributed by atoms with Gasteiger partial charge in [0.25, 0.3) is 0 Å².